The Labute approximate surface area is 147 Å². The minimum absolute atomic E-state index is 0.0199. The molecule has 0 bridgehead atoms. The molecule has 3 rings (SSSR count). The predicted octanol–water partition coefficient (Wildman–Crippen LogP) is 2.57. The van der Waals surface area contributed by atoms with E-state index < -0.39 is 5.97 Å². The van der Waals surface area contributed by atoms with Crippen LogP contribution in [0.2, 0.25) is 0 Å². The van der Waals surface area contributed by atoms with Crippen LogP contribution in [-0.2, 0) is 9.59 Å². The van der Waals surface area contributed by atoms with Crippen molar-refractivity contribution in [3.8, 4) is 11.5 Å². The molecule has 2 aliphatic rings. The van der Waals surface area contributed by atoms with Crippen molar-refractivity contribution in [1.29, 1.82) is 0 Å². The third-order valence-corrected chi connectivity index (χ3v) is 4.78. The zero-order valence-corrected chi connectivity index (χ0v) is 14.4. The number of benzene rings is 1. The molecule has 0 aliphatic carbocycles. The Balaban J connectivity index is 1.70. The molecular weight excluding hydrogens is 322 g/mol. The second-order valence-corrected chi connectivity index (χ2v) is 6.53. The number of carbonyl (C=O) groups is 2. The van der Waals surface area contributed by atoms with Gasteiger partial charge in [0.25, 0.3) is 5.91 Å². The van der Waals surface area contributed by atoms with E-state index in [1.54, 1.807) is 7.11 Å². The summed E-state index contributed by atoms with van der Waals surface area (Å²) in [7, 11) is 1.59. The zero-order chi connectivity index (χ0) is 17.8. The van der Waals surface area contributed by atoms with E-state index >= 15 is 0 Å². The SMILES string of the molecule is COc1cccc2c1OCC(C(=O)N1CCCC(CCC(=O)O)C1)=C2. The van der Waals surface area contributed by atoms with Crippen LogP contribution in [0.15, 0.2) is 23.8 Å². The number of hydrogen-bond acceptors (Lipinski definition) is 4. The minimum Gasteiger partial charge on any atom is -0.493 e. The first-order valence-electron chi connectivity index (χ1n) is 8.60. The molecule has 1 unspecified atom stereocenters. The predicted molar refractivity (Wildman–Crippen MR) is 92.6 cm³/mol. The molecular formula is C19H23NO5. The van der Waals surface area contributed by atoms with Crippen LogP contribution in [0, 0.1) is 5.92 Å². The molecule has 1 saturated heterocycles. The quantitative estimate of drug-likeness (QED) is 0.888. The maximum atomic E-state index is 12.8. The van der Waals surface area contributed by atoms with Crippen LogP contribution in [0.25, 0.3) is 6.08 Å². The summed E-state index contributed by atoms with van der Waals surface area (Å²) in [5.74, 6) is 0.781. The normalized spacial score (nSPS) is 19.5. The van der Waals surface area contributed by atoms with Gasteiger partial charge < -0.3 is 19.5 Å². The second kappa shape index (κ2) is 7.59. The molecule has 25 heavy (non-hydrogen) atoms. The van der Waals surface area contributed by atoms with Crippen LogP contribution < -0.4 is 9.47 Å². The van der Waals surface area contributed by atoms with E-state index in [9.17, 15) is 9.59 Å². The summed E-state index contributed by atoms with van der Waals surface area (Å²) in [6.45, 7) is 1.56. The molecule has 6 nitrogen and oxygen atoms in total. The highest BCUT2D eigenvalue weighted by Gasteiger charge is 2.28. The number of rotatable bonds is 5. The van der Waals surface area contributed by atoms with Crippen LogP contribution in [0.1, 0.15) is 31.2 Å². The van der Waals surface area contributed by atoms with Crippen LogP contribution in [-0.4, -0.2) is 48.7 Å². The fourth-order valence-corrected chi connectivity index (χ4v) is 3.48. The van der Waals surface area contributed by atoms with Crippen LogP contribution >= 0.6 is 0 Å². The number of aliphatic carboxylic acids is 1. The first-order chi connectivity index (χ1) is 12.1. The van der Waals surface area contributed by atoms with Gasteiger partial charge in [0.15, 0.2) is 11.5 Å². The van der Waals surface area contributed by atoms with Crippen molar-refractivity contribution >= 4 is 18.0 Å². The van der Waals surface area contributed by atoms with E-state index in [4.69, 9.17) is 14.6 Å². The highest BCUT2D eigenvalue weighted by atomic mass is 16.5. The van der Waals surface area contributed by atoms with Crippen molar-refractivity contribution in [2.24, 2.45) is 5.92 Å². The van der Waals surface area contributed by atoms with Gasteiger partial charge in [0, 0.05) is 25.1 Å². The summed E-state index contributed by atoms with van der Waals surface area (Å²) < 4.78 is 11.0. The number of piperidine rings is 1. The fraction of sp³-hybridized carbons (Fsp3) is 0.474. The molecule has 0 radical (unpaired) electrons. The first kappa shape index (κ1) is 17.3. The number of nitrogens with zero attached hydrogens (tertiary/aromatic N) is 1. The Hall–Kier alpha value is -2.50. The number of carboxylic acids is 1. The molecule has 0 saturated carbocycles. The van der Waals surface area contributed by atoms with Gasteiger partial charge in [-0.05, 0) is 37.3 Å². The van der Waals surface area contributed by atoms with E-state index in [1.165, 1.54) is 0 Å². The maximum Gasteiger partial charge on any atom is 0.303 e. The van der Waals surface area contributed by atoms with Gasteiger partial charge in [0.05, 0.1) is 12.7 Å². The molecule has 6 heteroatoms. The maximum absolute atomic E-state index is 12.8. The van der Waals surface area contributed by atoms with Crippen LogP contribution in [0.5, 0.6) is 11.5 Å². The van der Waals surface area contributed by atoms with E-state index in [-0.39, 0.29) is 24.9 Å². The first-order valence-corrected chi connectivity index (χ1v) is 8.60. The number of carboxylic acid groups (broad SMARTS) is 1. The van der Waals surface area contributed by atoms with Gasteiger partial charge in [0.2, 0.25) is 0 Å². The summed E-state index contributed by atoms with van der Waals surface area (Å²) in [5, 5.41) is 8.84. The van der Waals surface area contributed by atoms with Crippen LogP contribution in [0.3, 0.4) is 0 Å². The van der Waals surface area contributed by atoms with Crippen molar-refractivity contribution in [1.82, 2.24) is 4.90 Å². The molecule has 1 aromatic carbocycles. The highest BCUT2D eigenvalue weighted by molar-refractivity contribution is 5.99. The van der Waals surface area contributed by atoms with Gasteiger partial charge in [-0.25, -0.2) is 0 Å². The standard InChI is InChI=1S/C19H23NO5/c1-24-16-6-2-5-14-10-15(12-25-18(14)16)19(23)20-9-3-4-13(11-20)7-8-17(21)22/h2,5-6,10,13H,3-4,7-9,11-12H2,1H3,(H,21,22). The average molecular weight is 345 g/mol. The van der Waals surface area contributed by atoms with Crippen LogP contribution in [0.4, 0.5) is 0 Å². The number of hydrogen-bond donors (Lipinski definition) is 1. The number of carbonyl (C=O) groups excluding carboxylic acids is 1. The van der Waals surface area contributed by atoms with E-state index in [2.05, 4.69) is 0 Å². The summed E-state index contributed by atoms with van der Waals surface area (Å²) in [5.41, 5.74) is 1.47. The number of methoxy groups -OCH3 is 1. The molecule has 0 spiro atoms. The Morgan fingerprint density at radius 2 is 2.24 bits per heavy atom. The number of likely N-dealkylation sites (tertiary alicyclic amines) is 1. The number of amides is 1. The van der Waals surface area contributed by atoms with E-state index in [0.29, 0.717) is 36.6 Å². The minimum atomic E-state index is -0.780. The lowest BCUT2D eigenvalue weighted by Gasteiger charge is -2.33. The number of para-hydroxylation sites is 1. The topological polar surface area (TPSA) is 76.1 Å². The van der Waals surface area contributed by atoms with Gasteiger partial charge in [0.1, 0.15) is 6.61 Å². The second-order valence-electron chi connectivity index (χ2n) is 6.53. The molecule has 134 valence electrons. The zero-order valence-electron chi connectivity index (χ0n) is 14.4. The Morgan fingerprint density at radius 1 is 1.40 bits per heavy atom. The molecule has 1 aromatic rings. The average Bonchev–Trinajstić information content (AvgIpc) is 2.65. The molecule has 2 heterocycles. The van der Waals surface area contributed by atoms with E-state index in [0.717, 1.165) is 18.4 Å². The van der Waals surface area contributed by atoms with Crippen molar-refractivity contribution < 1.29 is 24.2 Å². The smallest absolute Gasteiger partial charge is 0.303 e. The summed E-state index contributed by atoms with van der Waals surface area (Å²) in [6, 6.07) is 5.60. The van der Waals surface area contributed by atoms with E-state index in [1.807, 2.05) is 29.2 Å². The van der Waals surface area contributed by atoms with Gasteiger partial charge in [-0.15, -0.1) is 0 Å². The molecule has 2 aliphatic heterocycles. The summed E-state index contributed by atoms with van der Waals surface area (Å²) in [6.07, 6.45) is 4.53. The van der Waals surface area contributed by atoms with Crippen molar-refractivity contribution in [2.45, 2.75) is 25.7 Å². The van der Waals surface area contributed by atoms with Gasteiger partial charge >= 0.3 is 5.97 Å². The van der Waals surface area contributed by atoms with Gasteiger partial charge in [-0.1, -0.05) is 12.1 Å². The van der Waals surface area contributed by atoms with Crippen molar-refractivity contribution in [2.75, 3.05) is 26.8 Å². The van der Waals surface area contributed by atoms with Crippen molar-refractivity contribution in [3.63, 3.8) is 0 Å². The molecule has 1 N–H and O–H groups in total. The lowest BCUT2D eigenvalue weighted by Crippen LogP contribution is -2.41. The van der Waals surface area contributed by atoms with Gasteiger partial charge in [-0.3, -0.25) is 9.59 Å². The lowest BCUT2D eigenvalue weighted by atomic mass is 9.93. The Kier molecular flexibility index (Phi) is 5.26. The molecule has 1 atom stereocenters. The Morgan fingerprint density at radius 3 is 3.00 bits per heavy atom. The highest BCUT2D eigenvalue weighted by Crippen LogP contribution is 2.36. The largest absolute Gasteiger partial charge is 0.493 e. The number of fused-ring (bicyclic) bond motifs is 1. The summed E-state index contributed by atoms with van der Waals surface area (Å²) >= 11 is 0. The van der Waals surface area contributed by atoms with Gasteiger partial charge in [-0.2, -0.15) is 0 Å². The fourth-order valence-electron chi connectivity index (χ4n) is 3.48. The number of ether oxygens (including phenoxy) is 2. The monoisotopic (exact) mass is 345 g/mol. The van der Waals surface area contributed by atoms with Crippen molar-refractivity contribution in [3.05, 3.63) is 29.3 Å². The Bertz CT molecular complexity index is 697. The molecule has 1 fully saturated rings. The molecule has 1 amide bonds. The third-order valence-electron chi connectivity index (χ3n) is 4.78. The lowest BCUT2D eigenvalue weighted by molar-refractivity contribution is -0.137. The summed E-state index contributed by atoms with van der Waals surface area (Å²) in [4.78, 5) is 25.4. The third kappa shape index (κ3) is 3.95. The molecule has 0 aromatic heterocycles.